The summed E-state index contributed by atoms with van der Waals surface area (Å²) in [4.78, 5) is 18.9. The second-order valence-corrected chi connectivity index (χ2v) is 4.49. The molecule has 0 aliphatic carbocycles. The third-order valence-electron chi connectivity index (χ3n) is 2.77. The number of halogens is 1. The molecule has 0 saturated carbocycles. The van der Waals surface area contributed by atoms with E-state index >= 15 is 0 Å². The molecule has 1 N–H and O–H groups in total. The number of hydrogen-bond donors (Lipinski definition) is 1. The van der Waals surface area contributed by atoms with Gasteiger partial charge in [0.25, 0.3) is 0 Å². The van der Waals surface area contributed by atoms with E-state index in [2.05, 4.69) is 9.97 Å². The first kappa shape index (κ1) is 14.3. The number of carboxylic acids is 1. The fourth-order valence-electron chi connectivity index (χ4n) is 1.67. The first-order chi connectivity index (χ1) is 9.60. The zero-order chi connectivity index (χ0) is 14.5. The van der Waals surface area contributed by atoms with Crippen molar-refractivity contribution in [3.05, 3.63) is 41.2 Å². The average molecular weight is 293 g/mol. The molecule has 0 bridgehead atoms. The summed E-state index contributed by atoms with van der Waals surface area (Å²) in [5, 5.41) is 8.94. The number of rotatable bonds is 5. The Kier molecular flexibility index (Phi) is 4.53. The van der Waals surface area contributed by atoms with E-state index < -0.39 is 5.97 Å². The number of hydrogen-bond acceptors (Lipinski definition) is 4. The number of carbonyl (C=O) groups is 1. The van der Waals surface area contributed by atoms with Crippen LogP contribution in [0.4, 0.5) is 0 Å². The molecule has 2 aromatic rings. The van der Waals surface area contributed by atoms with Gasteiger partial charge < -0.3 is 9.84 Å². The van der Waals surface area contributed by atoms with Crippen molar-refractivity contribution in [2.45, 2.75) is 12.8 Å². The molecular weight excluding hydrogens is 280 g/mol. The van der Waals surface area contributed by atoms with Gasteiger partial charge in [0.2, 0.25) is 0 Å². The molecule has 0 fully saturated rings. The number of carboxylic acid groups (broad SMARTS) is 1. The number of methoxy groups -OCH3 is 1. The van der Waals surface area contributed by atoms with Crippen molar-refractivity contribution in [3.8, 4) is 17.1 Å². The Morgan fingerprint density at radius 1 is 1.35 bits per heavy atom. The van der Waals surface area contributed by atoms with Crippen LogP contribution in [0.5, 0.6) is 5.75 Å². The zero-order valence-corrected chi connectivity index (χ0v) is 11.6. The van der Waals surface area contributed by atoms with Gasteiger partial charge in [-0.15, -0.1) is 0 Å². The Morgan fingerprint density at radius 3 is 2.60 bits per heavy atom. The minimum Gasteiger partial charge on any atom is -0.497 e. The lowest BCUT2D eigenvalue weighted by Gasteiger charge is -2.05. The van der Waals surface area contributed by atoms with Crippen molar-refractivity contribution in [2.24, 2.45) is 0 Å². The lowest BCUT2D eigenvalue weighted by Crippen LogP contribution is -2.00. The number of ether oxygens (including phenoxy) is 1. The fraction of sp³-hybridized carbons (Fsp3) is 0.214. The van der Waals surface area contributed by atoms with Crippen LogP contribution in [-0.2, 0) is 11.2 Å². The third kappa shape index (κ3) is 3.45. The van der Waals surface area contributed by atoms with Gasteiger partial charge in [0.15, 0.2) is 5.82 Å². The van der Waals surface area contributed by atoms with Crippen molar-refractivity contribution in [1.29, 1.82) is 0 Å². The average Bonchev–Trinajstić information content (AvgIpc) is 2.46. The van der Waals surface area contributed by atoms with Gasteiger partial charge in [-0.25, -0.2) is 9.97 Å². The SMILES string of the molecule is COc1ccc(-c2ncc(CCC(=O)O)c(Cl)n2)cc1. The molecule has 6 heteroatoms. The van der Waals surface area contributed by atoms with E-state index in [0.29, 0.717) is 17.8 Å². The van der Waals surface area contributed by atoms with Gasteiger partial charge in [0, 0.05) is 23.7 Å². The largest absolute Gasteiger partial charge is 0.497 e. The van der Waals surface area contributed by atoms with E-state index in [1.54, 1.807) is 13.3 Å². The minimum absolute atomic E-state index is 0.00492. The van der Waals surface area contributed by atoms with Crippen molar-refractivity contribution in [2.75, 3.05) is 7.11 Å². The molecule has 0 saturated heterocycles. The second kappa shape index (κ2) is 6.34. The van der Waals surface area contributed by atoms with Crippen LogP contribution in [0.1, 0.15) is 12.0 Å². The standard InChI is InChI=1S/C14H13ClN2O3/c1-20-11-5-2-9(3-6-11)14-16-8-10(13(15)17-14)4-7-12(18)19/h2-3,5-6,8H,4,7H2,1H3,(H,18,19). The van der Waals surface area contributed by atoms with Gasteiger partial charge in [-0.2, -0.15) is 0 Å². The van der Waals surface area contributed by atoms with Gasteiger partial charge in [-0.1, -0.05) is 11.6 Å². The highest BCUT2D eigenvalue weighted by Crippen LogP contribution is 2.22. The molecule has 1 aromatic heterocycles. The molecule has 0 spiro atoms. The van der Waals surface area contributed by atoms with E-state index in [-0.39, 0.29) is 11.6 Å². The van der Waals surface area contributed by atoms with Crippen LogP contribution in [0.2, 0.25) is 5.15 Å². The molecule has 1 aromatic carbocycles. The number of aliphatic carboxylic acids is 1. The van der Waals surface area contributed by atoms with E-state index in [0.717, 1.165) is 11.3 Å². The first-order valence-corrected chi connectivity index (χ1v) is 6.35. The fourth-order valence-corrected chi connectivity index (χ4v) is 1.90. The highest BCUT2D eigenvalue weighted by molar-refractivity contribution is 6.30. The summed E-state index contributed by atoms with van der Waals surface area (Å²) >= 11 is 6.05. The number of benzene rings is 1. The minimum atomic E-state index is -0.875. The predicted octanol–water partition coefficient (Wildman–Crippen LogP) is 2.82. The molecule has 20 heavy (non-hydrogen) atoms. The molecule has 2 rings (SSSR count). The molecule has 0 aliphatic heterocycles. The van der Waals surface area contributed by atoms with E-state index in [1.807, 2.05) is 24.3 Å². The quantitative estimate of drug-likeness (QED) is 0.858. The molecule has 0 radical (unpaired) electrons. The van der Waals surface area contributed by atoms with Crippen LogP contribution in [0.25, 0.3) is 11.4 Å². The Hall–Kier alpha value is -2.14. The maximum absolute atomic E-state index is 10.5. The first-order valence-electron chi connectivity index (χ1n) is 5.98. The molecule has 5 nitrogen and oxygen atoms in total. The highest BCUT2D eigenvalue weighted by atomic mass is 35.5. The molecule has 0 amide bonds. The van der Waals surface area contributed by atoms with Gasteiger partial charge in [-0.3, -0.25) is 4.79 Å². The summed E-state index contributed by atoms with van der Waals surface area (Å²) < 4.78 is 5.08. The number of aryl methyl sites for hydroxylation is 1. The van der Waals surface area contributed by atoms with E-state index in [4.69, 9.17) is 21.4 Å². The molecule has 0 aliphatic rings. The summed E-state index contributed by atoms with van der Waals surface area (Å²) in [6.07, 6.45) is 1.89. The van der Waals surface area contributed by atoms with Crippen LogP contribution < -0.4 is 4.74 Å². The molecule has 1 heterocycles. The van der Waals surface area contributed by atoms with Crippen molar-refractivity contribution < 1.29 is 14.6 Å². The lowest BCUT2D eigenvalue weighted by atomic mass is 10.1. The Balaban J connectivity index is 2.21. The van der Waals surface area contributed by atoms with Crippen LogP contribution in [0.3, 0.4) is 0 Å². The summed E-state index contributed by atoms with van der Waals surface area (Å²) in [6, 6.07) is 7.29. The van der Waals surface area contributed by atoms with Crippen LogP contribution in [0, 0.1) is 0 Å². The molecule has 0 unspecified atom stereocenters. The van der Waals surface area contributed by atoms with E-state index in [1.165, 1.54) is 0 Å². The summed E-state index contributed by atoms with van der Waals surface area (Å²) in [5.41, 5.74) is 1.45. The Morgan fingerprint density at radius 2 is 2.05 bits per heavy atom. The Bertz CT molecular complexity index is 614. The van der Waals surface area contributed by atoms with Gasteiger partial charge in [0.1, 0.15) is 10.9 Å². The normalized spacial score (nSPS) is 10.3. The van der Waals surface area contributed by atoms with Gasteiger partial charge in [-0.05, 0) is 30.7 Å². The maximum atomic E-state index is 10.5. The van der Waals surface area contributed by atoms with E-state index in [9.17, 15) is 4.79 Å². The van der Waals surface area contributed by atoms with Gasteiger partial charge >= 0.3 is 5.97 Å². The summed E-state index contributed by atoms with van der Waals surface area (Å²) in [6.45, 7) is 0. The topological polar surface area (TPSA) is 72.3 Å². The van der Waals surface area contributed by atoms with Crippen molar-refractivity contribution in [3.63, 3.8) is 0 Å². The van der Waals surface area contributed by atoms with Crippen molar-refractivity contribution >= 4 is 17.6 Å². The smallest absolute Gasteiger partial charge is 0.303 e. The third-order valence-corrected chi connectivity index (χ3v) is 3.10. The molecule has 0 atom stereocenters. The van der Waals surface area contributed by atoms with Crippen molar-refractivity contribution in [1.82, 2.24) is 9.97 Å². The van der Waals surface area contributed by atoms with Gasteiger partial charge in [0.05, 0.1) is 7.11 Å². The summed E-state index contributed by atoms with van der Waals surface area (Å²) in [7, 11) is 1.60. The second-order valence-electron chi connectivity index (χ2n) is 4.13. The lowest BCUT2D eigenvalue weighted by molar-refractivity contribution is -0.136. The maximum Gasteiger partial charge on any atom is 0.303 e. The van der Waals surface area contributed by atoms with Crippen LogP contribution in [0.15, 0.2) is 30.5 Å². The molecule has 104 valence electrons. The van der Waals surface area contributed by atoms with Crippen LogP contribution >= 0.6 is 11.6 Å². The highest BCUT2D eigenvalue weighted by Gasteiger charge is 2.09. The Labute approximate surface area is 121 Å². The summed E-state index contributed by atoms with van der Waals surface area (Å²) in [5.74, 6) is 0.370. The van der Waals surface area contributed by atoms with Crippen LogP contribution in [-0.4, -0.2) is 28.2 Å². The predicted molar refractivity (Wildman–Crippen MR) is 75.0 cm³/mol. The monoisotopic (exact) mass is 292 g/mol. The molecular formula is C14H13ClN2O3. The zero-order valence-electron chi connectivity index (χ0n) is 10.8. The number of aromatic nitrogens is 2. The number of nitrogens with zero attached hydrogens (tertiary/aromatic N) is 2.